The predicted molar refractivity (Wildman–Crippen MR) is 219 cm³/mol. The van der Waals surface area contributed by atoms with Crippen LogP contribution in [0.4, 0.5) is 0 Å². The maximum Gasteiger partial charge on any atom is 0.334 e. The molecule has 0 fully saturated rings. The summed E-state index contributed by atoms with van der Waals surface area (Å²) in [6, 6.07) is 7.73. The summed E-state index contributed by atoms with van der Waals surface area (Å²) >= 11 is 0. The number of aliphatic hydroxyl groups excluding tert-OH is 2. The van der Waals surface area contributed by atoms with Crippen LogP contribution in [0.25, 0.3) is 11.0 Å². The van der Waals surface area contributed by atoms with Gasteiger partial charge in [-0.05, 0) is 93.6 Å². The van der Waals surface area contributed by atoms with Crippen LogP contribution in [0.3, 0.4) is 0 Å². The number of nitrogens with two attached hydrogens (primary N) is 2. The van der Waals surface area contributed by atoms with E-state index in [9.17, 15) is 30.0 Å². The van der Waals surface area contributed by atoms with Crippen LogP contribution in [0, 0.1) is 5.92 Å². The fraction of sp³-hybridized carbons (Fsp3) is 0.409. The highest BCUT2D eigenvalue weighted by molar-refractivity contribution is 5.92. The topological polar surface area (TPSA) is 235 Å². The fourth-order valence-electron chi connectivity index (χ4n) is 8.99. The molecule has 4 aliphatic heterocycles. The van der Waals surface area contributed by atoms with Crippen molar-refractivity contribution >= 4 is 16.9 Å². The lowest BCUT2D eigenvalue weighted by Gasteiger charge is -2.49. The summed E-state index contributed by atoms with van der Waals surface area (Å²) in [7, 11) is 1.80. The first-order valence-corrected chi connectivity index (χ1v) is 19.8. The summed E-state index contributed by atoms with van der Waals surface area (Å²) in [6.45, 7) is 3.57. The van der Waals surface area contributed by atoms with Gasteiger partial charge in [0.25, 0.3) is 0 Å². The molecule has 0 aliphatic carbocycles. The number of carbonyl (C=O) groups excluding carboxylic acids is 1. The van der Waals surface area contributed by atoms with Gasteiger partial charge in [-0.2, -0.15) is 0 Å². The molecule has 0 spiro atoms. The Morgan fingerprint density at radius 2 is 2.03 bits per heavy atom. The van der Waals surface area contributed by atoms with Crippen LogP contribution in [0.1, 0.15) is 73.8 Å². The molecule has 11 N–H and O–H groups in total. The fourth-order valence-corrected chi connectivity index (χ4v) is 8.99. The lowest BCUT2D eigenvalue weighted by Crippen LogP contribution is -2.56. The van der Waals surface area contributed by atoms with Crippen molar-refractivity contribution in [3.05, 3.63) is 122 Å². The standard InChI is InChI=1S/C44H53N5O9/c1-4-24(12-14-47-3)43(55)57-34-19-31-39(54)37-33(53)18-28(21-50)56-41(37)38-36(32(22-51)25-6-5-7-27(52)17-25)29-13-15-48-42(46)30(29)10-9-26(44(34,2)58-40(31)38)16-23-8-11-35(45)49-20-23/h4-8,11,13,17-18,20,26,32,34-36,47-52,54H,9-10,12,14-16,19,21-22,45-46H2,1-3H3/b24-4-/t26-,32+,34+,35?,36+,44-/m0/s1. The Hall–Kier alpha value is -5.54. The predicted octanol–water partition coefficient (Wildman–Crippen LogP) is 3.55. The highest BCUT2D eigenvalue weighted by Gasteiger charge is 2.53. The summed E-state index contributed by atoms with van der Waals surface area (Å²) in [4.78, 5) is 28.1. The van der Waals surface area contributed by atoms with E-state index in [0.29, 0.717) is 61.3 Å². The monoisotopic (exact) mass is 795 g/mol. The summed E-state index contributed by atoms with van der Waals surface area (Å²) < 4.78 is 20.2. The van der Waals surface area contributed by atoms with Gasteiger partial charge in [0.15, 0.2) is 5.43 Å². The Bertz CT molecular complexity index is 2310. The summed E-state index contributed by atoms with van der Waals surface area (Å²) in [6.07, 6.45) is 9.90. The lowest BCUT2D eigenvalue weighted by molar-refractivity contribution is -0.165. The molecule has 0 amide bonds. The van der Waals surface area contributed by atoms with Gasteiger partial charge in [-0.15, -0.1) is 0 Å². The van der Waals surface area contributed by atoms with Gasteiger partial charge in [0.2, 0.25) is 0 Å². The quantitative estimate of drug-likeness (QED) is 0.0998. The molecular weight excluding hydrogens is 743 g/mol. The number of benzene rings is 2. The molecule has 0 radical (unpaired) electrons. The molecule has 6 atom stereocenters. The Kier molecular flexibility index (Phi) is 11.7. The largest absolute Gasteiger partial charge is 0.508 e. The van der Waals surface area contributed by atoms with Crippen molar-refractivity contribution in [2.75, 3.05) is 26.7 Å². The Labute approximate surface area is 336 Å². The number of aliphatic hydroxyl groups is 2. The van der Waals surface area contributed by atoms with Crippen LogP contribution in [-0.2, 0) is 22.6 Å². The lowest BCUT2D eigenvalue weighted by atomic mass is 9.68. The second-order valence-corrected chi connectivity index (χ2v) is 15.6. The van der Waals surface area contributed by atoms with E-state index in [1.54, 1.807) is 38.2 Å². The van der Waals surface area contributed by atoms with Crippen molar-refractivity contribution in [3.63, 3.8) is 0 Å². The third-order valence-electron chi connectivity index (χ3n) is 12.1. The van der Waals surface area contributed by atoms with Gasteiger partial charge in [-0.25, -0.2) is 4.79 Å². The number of fused-ring (bicyclic) bond motifs is 4. The van der Waals surface area contributed by atoms with E-state index in [0.717, 1.165) is 22.8 Å². The minimum Gasteiger partial charge on any atom is -0.508 e. The van der Waals surface area contributed by atoms with Crippen molar-refractivity contribution in [2.45, 2.75) is 82.3 Å². The third kappa shape index (κ3) is 7.48. The number of rotatable bonds is 11. The molecule has 1 unspecified atom stereocenters. The second-order valence-electron chi connectivity index (χ2n) is 15.6. The number of dihydropyridines is 2. The molecular formula is C44H53N5O9. The van der Waals surface area contributed by atoms with Crippen molar-refractivity contribution in [3.8, 4) is 17.2 Å². The van der Waals surface area contributed by atoms with E-state index >= 15 is 0 Å². The highest BCUT2D eigenvalue weighted by Crippen LogP contribution is 2.57. The molecule has 58 heavy (non-hydrogen) atoms. The smallest absolute Gasteiger partial charge is 0.334 e. The molecule has 308 valence electrons. The normalized spacial score (nSPS) is 24.8. The van der Waals surface area contributed by atoms with Crippen LogP contribution in [0.15, 0.2) is 98.2 Å². The Morgan fingerprint density at radius 1 is 1.22 bits per heavy atom. The summed E-state index contributed by atoms with van der Waals surface area (Å²) in [5, 5.41) is 54.0. The average Bonchev–Trinajstić information content (AvgIpc) is 3.20. The van der Waals surface area contributed by atoms with E-state index in [4.69, 9.17) is 25.4 Å². The van der Waals surface area contributed by atoms with Crippen molar-refractivity contribution in [1.82, 2.24) is 16.0 Å². The molecule has 2 bridgehead atoms. The number of aromatic hydroxyl groups is 2. The first-order valence-electron chi connectivity index (χ1n) is 19.8. The highest BCUT2D eigenvalue weighted by atomic mass is 16.6. The molecule has 2 aromatic carbocycles. The number of phenols is 2. The first kappa shape index (κ1) is 40.6. The van der Waals surface area contributed by atoms with Gasteiger partial charge < -0.3 is 61.7 Å². The van der Waals surface area contributed by atoms with Crippen molar-refractivity contribution in [1.29, 1.82) is 0 Å². The summed E-state index contributed by atoms with van der Waals surface area (Å²) in [5.41, 5.74) is 15.2. The molecule has 5 heterocycles. The van der Waals surface area contributed by atoms with E-state index in [2.05, 4.69) is 16.0 Å². The van der Waals surface area contributed by atoms with E-state index in [1.807, 2.05) is 31.4 Å². The number of esters is 1. The zero-order valence-electron chi connectivity index (χ0n) is 33.0. The van der Waals surface area contributed by atoms with Crippen LogP contribution in [0.2, 0.25) is 0 Å². The molecule has 14 nitrogen and oxygen atoms in total. The van der Waals surface area contributed by atoms with Crippen molar-refractivity contribution < 1.29 is 39.1 Å². The first-order chi connectivity index (χ1) is 27.9. The molecule has 0 saturated heterocycles. The number of hydrogen-bond acceptors (Lipinski definition) is 14. The zero-order valence-corrected chi connectivity index (χ0v) is 33.0. The molecule has 7 rings (SSSR count). The number of nitrogens with one attached hydrogen (secondary N) is 3. The minimum atomic E-state index is -1.27. The zero-order chi connectivity index (χ0) is 41.3. The van der Waals surface area contributed by atoms with Gasteiger partial charge in [0, 0.05) is 59.7 Å². The van der Waals surface area contributed by atoms with Gasteiger partial charge in [-0.1, -0.05) is 30.4 Å². The number of carbonyl (C=O) groups is 1. The van der Waals surface area contributed by atoms with E-state index in [-0.39, 0.29) is 52.3 Å². The Morgan fingerprint density at radius 3 is 2.72 bits per heavy atom. The van der Waals surface area contributed by atoms with Gasteiger partial charge >= 0.3 is 5.97 Å². The van der Waals surface area contributed by atoms with Gasteiger partial charge in [0.05, 0.1) is 18.6 Å². The minimum absolute atomic E-state index is 0.00914. The van der Waals surface area contributed by atoms with Crippen LogP contribution in [-0.4, -0.2) is 71.0 Å². The van der Waals surface area contributed by atoms with E-state index < -0.39 is 53.9 Å². The summed E-state index contributed by atoms with van der Waals surface area (Å²) in [5.74, 6) is -2.27. The molecule has 14 heteroatoms. The second kappa shape index (κ2) is 16.7. The Balaban J connectivity index is 1.55. The molecule has 0 saturated carbocycles. The number of ether oxygens (including phenoxy) is 2. The molecule has 1 aromatic heterocycles. The van der Waals surface area contributed by atoms with Gasteiger partial charge in [-0.3, -0.25) is 4.79 Å². The maximum absolute atomic E-state index is 14.0. The molecule has 4 aliphatic rings. The number of allylic oxidation sites excluding steroid dienone is 5. The molecule has 3 aromatic rings. The maximum atomic E-state index is 14.0. The van der Waals surface area contributed by atoms with Gasteiger partial charge in [0.1, 0.15) is 52.3 Å². The van der Waals surface area contributed by atoms with Crippen LogP contribution in [0.5, 0.6) is 17.2 Å². The number of hydrogen-bond donors (Lipinski definition) is 9. The van der Waals surface area contributed by atoms with Crippen LogP contribution < -0.4 is 37.6 Å². The van der Waals surface area contributed by atoms with Crippen LogP contribution >= 0.6 is 0 Å². The SMILES string of the molecule is C/C=C(/CCNC)C(=O)O[C@@H]1Cc2c3c(c4oc(CO)cc(=O)c4c2O)[C@@H]([C@H](CO)c2cccc(O)c2)C2=CCNC(N)=C2CC[C@@H](CC2=CNC(N)C=C2)[C@]1(C)O3. The van der Waals surface area contributed by atoms with Crippen molar-refractivity contribution in [2.24, 2.45) is 17.4 Å². The number of phenolic OH excluding ortho intramolecular Hbond substituents is 2. The average molecular weight is 796 g/mol. The van der Waals surface area contributed by atoms with E-state index in [1.165, 1.54) is 6.07 Å². The third-order valence-corrected chi connectivity index (χ3v) is 12.1.